The van der Waals surface area contributed by atoms with E-state index >= 15 is 0 Å². The number of hydrogen-bond donors (Lipinski definition) is 2. The Morgan fingerprint density at radius 1 is 1.14 bits per heavy atom. The minimum absolute atomic E-state index is 0.0876. The van der Waals surface area contributed by atoms with Crippen molar-refractivity contribution in [3.8, 4) is 5.75 Å². The molecule has 0 fully saturated rings. The van der Waals surface area contributed by atoms with Gasteiger partial charge in [0.2, 0.25) is 0 Å². The van der Waals surface area contributed by atoms with Crippen molar-refractivity contribution in [1.29, 1.82) is 0 Å². The lowest BCUT2D eigenvalue weighted by atomic mass is 10.1. The number of aromatic nitrogens is 1. The van der Waals surface area contributed by atoms with Crippen LogP contribution in [0.15, 0.2) is 53.3 Å². The molecule has 5 nitrogen and oxygen atoms in total. The summed E-state index contributed by atoms with van der Waals surface area (Å²) >= 11 is 5.56. The fourth-order valence-electron chi connectivity index (χ4n) is 3.11. The van der Waals surface area contributed by atoms with Gasteiger partial charge in [-0.25, -0.2) is 0 Å². The van der Waals surface area contributed by atoms with Crippen LogP contribution in [0.5, 0.6) is 5.75 Å². The number of ether oxygens (including phenoxy) is 1. The van der Waals surface area contributed by atoms with Crippen molar-refractivity contribution in [3.63, 3.8) is 0 Å². The number of benzene rings is 2. The Labute approximate surface area is 170 Å². The van der Waals surface area contributed by atoms with Crippen LogP contribution >= 0.6 is 12.2 Å². The highest BCUT2D eigenvalue weighted by Gasteiger charge is 2.14. The number of fused-ring (bicyclic) bond motifs is 1. The Kier molecular flexibility index (Phi) is 6.31. The second kappa shape index (κ2) is 8.89. The third kappa shape index (κ3) is 4.70. The SMILES string of the molecule is CCNC(=S)N(Cc1ccc(OC)cc1)Cc1cc2cc(C)ccc2[nH]c1=O. The number of nitrogens with zero attached hydrogens (tertiary/aromatic N) is 1. The number of nitrogens with one attached hydrogen (secondary N) is 2. The molecule has 1 aromatic heterocycles. The number of pyridine rings is 1. The molecule has 0 aliphatic heterocycles. The van der Waals surface area contributed by atoms with Crippen LogP contribution in [0.3, 0.4) is 0 Å². The monoisotopic (exact) mass is 395 g/mol. The van der Waals surface area contributed by atoms with E-state index in [9.17, 15) is 4.79 Å². The van der Waals surface area contributed by atoms with Gasteiger partial charge in [-0.2, -0.15) is 0 Å². The predicted octanol–water partition coefficient (Wildman–Crippen LogP) is 3.74. The molecule has 146 valence electrons. The highest BCUT2D eigenvalue weighted by Crippen LogP contribution is 2.17. The van der Waals surface area contributed by atoms with Crippen LogP contribution in [-0.2, 0) is 13.1 Å². The van der Waals surface area contributed by atoms with Crippen molar-refractivity contribution >= 4 is 28.2 Å². The van der Waals surface area contributed by atoms with E-state index in [1.807, 2.05) is 61.2 Å². The Bertz CT molecular complexity index is 1030. The summed E-state index contributed by atoms with van der Waals surface area (Å²) in [6.45, 7) is 5.80. The lowest BCUT2D eigenvalue weighted by Crippen LogP contribution is -2.39. The van der Waals surface area contributed by atoms with E-state index in [1.165, 1.54) is 0 Å². The van der Waals surface area contributed by atoms with Gasteiger partial charge < -0.3 is 19.9 Å². The van der Waals surface area contributed by atoms with Crippen LogP contribution < -0.4 is 15.6 Å². The second-order valence-corrected chi connectivity index (χ2v) is 7.14. The first-order valence-electron chi connectivity index (χ1n) is 9.28. The van der Waals surface area contributed by atoms with Gasteiger partial charge in [-0.1, -0.05) is 23.8 Å². The number of H-pyrrole nitrogens is 1. The third-order valence-electron chi connectivity index (χ3n) is 4.59. The standard InChI is InChI=1S/C22H25N3O2S/c1-4-23-22(28)25(13-16-6-8-19(27-3)9-7-16)14-18-12-17-11-15(2)5-10-20(17)24-21(18)26/h5-12H,4,13-14H2,1-3H3,(H,23,28)(H,24,26). The van der Waals surface area contributed by atoms with Crippen molar-refractivity contribution < 1.29 is 4.74 Å². The Morgan fingerprint density at radius 3 is 2.57 bits per heavy atom. The van der Waals surface area contributed by atoms with E-state index in [1.54, 1.807) is 7.11 Å². The van der Waals surface area contributed by atoms with E-state index in [4.69, 9.17) is 17.0 Å². The zero-order valence-electron chi connectivity index (χ0n) is 16.4. The topological polar surface area (TPSA) is 57.4 Å². The van der Waals surface area contributed by atoms with Gasteiger partial charge >= 0.3 is 0 Å². The second-order valence-electron chi connectivity index (χ2n) is 6.75. The summed E-state index contributed by atoms with van der Waals surface area (Å²) in [6.07, 6.45) is 0. The fourth-order valence-corrected chi connectivity index (χ4v) is 3.38. The minimum atomic E-state index is -0.0876. The van der Waals surface area contributed by atoms with Gasteiger partial charge in [-0.15, -0.1) is 0 Å². The summed E-state index contributed by atoms with van der Waals surface area (Å²) in [6, 6.07) is 15.8. The molecule has 0 unspecified atom stereocenters. The molecule has 3 aromatic rings. The molecule has 6 heteroatoms. The quantitative estimate of drug-likeness (QED) is 0.623. The average Bonchev–Trinajstić information content (AvgIpc) is 2.69. The van der Waals surface area contributed by atoms with Crippen molar-refractivity contribution in [2.75, 3.05) is 13.7 Å². The molecule has 2 aromatic carbocycles. The summed E-state index contributed by atoms with van der Waals surface area (Å²) in [4.78, 5) is 17.6. The third-order valence-corrected chi connectivity index (χ3v) is 4.99. The first-order valence-corrected chi connectivity index (χ1v) is 9.69. The van der Waals surface area contributed by atoms with Crippen molar-refractivity contribution in [2.45, 2.75) is 26.9 Å². The zero-order valence-corrected chi connectivity index (χ0v) is 17.2. The number of aryl methyl sites for hydroxylation is 1. The summed E-state index contributed by atoms with van der Waals surface area (Å²) in [5.41, 5.74) is 3.69. The van der Waals surface area contributed by atoms with E-state index in [-0.39, 0.29) is 5.56 Å². The van der Waals surface area contributed by atoms with Gasteiger partial charge in [0.15, 0.2) is 5.11 Å². The van der Waals surface area contributed by atoms with Crippen LogP contribution in [0.2, 0.25) is 0 Å². The highest BCUT2D eigenvalue weighted by atomic mass is 32.1. The van der Waals surface area contributed by atoms with Gasteiger partial charge in [0, 0.05) is 24.2 Å². The first kappa shape index (κ1) is 19.9. The molecule has 0 atom stereocenters. The summed E-state index contributed by atoms with van der Waals surface area (Å²) in [7, 11) is 1.65. The molecule has 3 rings (SSSR count). The van der Waals surface area contributed by atoms with E-state index in [0.717, 1.165) is 34.3 Å². The first-order chi connectivity index (χ1) is 13.5. The van der Waals surface area contributed by atoms with E-state index < -0.39 is 0 Å². The number of thiocarbonyl (C=S) groups is 1. The van der Waals surface area contributed by atoms with Crippen LogP contribution in [0.25, 0.3) is 10.9 Å². The van der Waals surface area contributed by atoms with Gasteiger partial charge in [-0.05, 0) is 67.3 Å². The molecule has 2 N–H and O–H groups in total. The molecular formula is C22H25N3O2S. The van der Waals surface area contributed by atoms with Gasteiger partial charge in [0.05, 0.1) is 13.7 Å². The van der Waals surface area contributed by atoms with Crippen LogP contribution in [0, 0.1) is 6.92 Å². The van der Waals surface area contributed by atoms with Crippen LogP contribution in [0.1, 0.15) is 23.6 Å². The number of methoxy groups -OCH3 is 1. The number of aromatic amines is 1. The Hall–Kier alpha value is -2.86. The number of hydrogen-bond acceptors (Lipinski definition) is 3. The maximum Gasteiger partial charge on any atom is 0.253 e. The Morgan fingerprint density at radius 2 is 1.89 bits per heavy atom. The van der Waals surface area contributed by atoms with Crippen molar-refractivity contribution in [1.82, 2.24) is 15.2 Å². The van der Waals surface area contributed by atoms with Gasteiger partial charge in [-0.3, -0.25) is 4.79 Å². The minimum Gasteiger partial charge on any atom is -0.497 e. The van der Waals surface area contributed by atoms with Gasteiger partial charge in [0.1, 0.15) is 5.75 Å². The average molecular weight is 396 g/mol. The lowest BCUT2D eigenvalue weighted by molar-refractivity contribution is 0.396. The van der Waals surface area contributed by atoms with E-state index in [0.29, 0.717) is 23.8 Å². The molecular weight excluding hydrogens is 370 g/mol. The molecule has 0 amide bonds. The van der Waals surface area contributed by atoms with E-state index in [2.05, 4.69) is 16.4 Å². The molecule has 0 saturated carbocycles. The van der Waals surface area contributed by atoms with Gasteiger partial charge in [0.25, 0.3) is 5.56 Å². The summed E-state index contributed by atoms with van der Waals surface area (Å²) < 4.78 is 5.22. The number of rotatable bonds is 6. The van der Waals surface area contributed by atoms with Crippen LogP contribution in [0.4, 0.5) is 0 Å². The van der Waals surface area contributed by atoms with Crippen molar-refractivity contribution in [3.05, 3.63) is 75.6 Å². The highest BCUT2D eigenvalue weighted by molar-refractivity contribution is 7.80. The summed E-state index contributed by atoms with van der Waals surface area (Å²) in [5, 5.41) is 4.84. The maximum absolute atomic E-state index is 12.6. The smallest absolute Gasteiger partial charge is 0.253 e. The molecule has 0 radical (unpaired) electrons. The molecule has 0 spiro atoms. The Balaban J connectivity index is 1.90. The fraction of sp³-hybridized carbons (Fsp3) is 0.273. The molecule has 28 heavy (non-hydrogen) atoms. The largest absolute Gasteiger partial charge is 0.497 e. The molecule has 1 heterocycles. The predicted molar refractivity (Wildman–Crippen MR) is 118 cm³/mol. The molecule has 0 aliphatic carbocycles. The summed E-state index contributed by atoms with van der Waals surface area (Å²) in [5.74, 6) is 0.811. The lowest BCUT2D eigenvalue weighted by Gasteiger charge is -2.26. The molecule has 0 saturated heterocycles. The maximum atomic E-state index is 12.6. The molecule has 0 aliphatic rings. The zero-order chi connectivity index (χ0) is 20.1. The van der Waals surface area contributed by atoms with Crippen molar-refractivity contribution in [2.24, 2.45) is 0 Å². The van der Waals surface area contributed by atoms with Crippen LogP contribution in [-0.4, -0.2) is 28.7 Å². The molecule has 0 bridgehead atoms. The normalized spacial score (nSPS) is 10.7.